The van der Waals surface area contributed by atoms with E-state index in [4.69, 9.17) is 16.3 Å². The summed E-state index contributed by atoms with van der Waals surface area (Å²) in [4.78, 5) is 22.8. The van der Waals surface area contributed by atoms with Gasteiger partial charge in [0.05, 0.1) is 0 Å². The van der Waals surface area contributed by atoms with Crippen LogP contribution in [0, 0.1) is 28.6 Å². The number of halogens is 1. The fourth-order valence-corrected chi connectivity index (χ4v) is 7.04. The first-order chi connectivity index (χ1) is 12.3. The highest BCUT2D eigenvalue weighted by atomic mass is 35.5. The largest absolute Gasteiger partial charge is 0.463 e. The Kier molecular flexibility index (Phi) is 4.38. The van der Waals surface area contributed by atoms with Crippen LogP contribution in [-0.4, -0.2) is 18.4 Å². The summed E-state index contributed by atoms with van der Waals surface area (Å²) >= 11 is 6.61. The quantitative estimate of drug-likeness (QED) is 0.492. The third-order valence-electron chi connectivity index (χ3n) is 8.14. The molecule has 0 heterocycles. The van der Waals surface area contributed by atoms with Crippen LogP contribution in [0.4, 0.5) is 0 Å². The first-order valence-electron chi connectivity index (χ1n) is 10.0. The molecule has 142 valence electrons. The van der Waals surface area contributed by atoms with E-state index in [1.54, 1.807) is 0 Å². The van der Waals surface area contributed by atoms with E-state index in [2.05, 4.69) is 19.9 Å². The molecule has 0 aliphatic heterocycles. The second-order valence-electron chi connectivity index (χ2n) is 9.36. The van der Waals surface area contributed by atoms with Crippen LogP contribution in [0.3, 0.4) is 0 Å². The first-order valence-corrected chi connectivity index (χ1v) is 10.4. The molecule has 0 aromatic carbocycles. The van der Waals surface area contributed by atoms with Crippen LogP contribution < -0.4 is 0 Å². The Morgan fingerprint density at radius 3 is 2.69 bits per heavy atom. The van der Waals surface area contributed by atoms with Gasteiger partial charge < -0.3 is 4.74 Å². The van der Waals surface area contributed by atoms with E-state index < -0.39 is 0 Å². The number of fused-ring (bicyclic) bond motifs is 5. The average molecular weight is 377 g/mol. The molecule has 0 bridgehead atoms. The van der Waals surface area contributed by atoms with Gasteiger partial charge in [0.25, 0.3) is 0 Å². The van der Waals surface area contributed by atoms with Gasteiger partial charge in [-0.1, -0.05) is 37.1 Å². The fourth-order valence-electron chi connectivity index (χ4n) is 6.74. The third kappa shape index (κ3) is 2.53. The van der Waals surface area contributed by atoms with Gasteiger partial charge in [-0.05, 0) is 68.1 Å². The first kappa shape index (κ1) is 18.3. The number of esters is 1. The van der Waals surface area contributed by atoms with Crippen LogP contribution in [0.2, 0.25) is 0 Å². The lowest BCUT2D eigenvalue weighted by Gasteiger charge is -2.59. The molecule has 4 heteroatoms. The number of aldehydes is 1. The number of rotatable bonds is 2. The Balaban J connectivity index is 1.59. The lowest BCUT2D eigenvalue weighted by atomic mass is 9.46. The third-order valence-corrected chi connectivity index (χ3v) is 8.78. The topological polar surface area (TPSA) is 43.4 Å². The molecule has 1 unspecified atom stereocenters. The molecule has 3 nitrogen and oxygen atoms in total. The lowest BCUT2D eigenvalue weighted by molar-refractivity contribution is -0.154. The number of carbonyl (C=O) groups is 2. The van der Waals surface area contributed by atoms with E-state index in [0.717, 1.165) is 43.4 Å². The monoisotopic (exact) mass is 376 g/mol. The van der Waals surface area contributed by atoms with Crippen molar-refractivity contribution in [2.45, 2.75) is 71.8 Å². The van der Waals surface area contributed by atoms with E-state index >= 15 is 0 Å². The van der Waals surface area contributed by atoms with E-state index in [9.17, 15) is 9.59 Å². The van der Waals surface area contributed by atoms with Crippen molar-refractivity contribution in [2.24, 2.45) is 28.6 Å². The molecule has 3 saturated carbocycles. The van der Waals surface area contributed by atoms with E-state index in [-0.39, 0.29) is 17.5 Å². The number of allylic oxidation sites excluding steroid dienone is 4. The highest BCUT2D eigenvalue weighted by Gasteiger charge is 2.57. The molecule has 0 amide bonds. The van der Waals surface area contributed by atoms with Crippen LogP contribution in [0.5, 0.6) is 0 Å². The van der Waals surface area contributed by atoms with Crippen molar-refractivity contribution >= 4 is 23.9 Å². The lowest BCUT2D eigenvalue weighted by Crippen LogP contribution is -2.51. The van der Waals surface area contributed by atoms with Crippen molar-refractivity contribution < 1.29 is 14.3 Å². The standard InChI is InChI=1S/C22H29ClO3/c1-13(25)26-16-6-8-21(2)15(11-16)4-5-17-18(21)7-9-22(3)19(17)10-14(12-24)20(22)23/h10,12,15-18H,4-9,11H2,1-3H3/t15-,16-,17+,18?,21-,22-/m0/s1. The maximum Gasteiger partial charge on any atom is 0.302 e. The van der Waals surface area contributed by atoms with Crippen LogP contribution in [0.1, 0.15) is 65.7 Å². The zero-order valence-corrected chi connectivity index (χ0v) is 16.8. The van der Waals surface area contributed by atoms with Gasteiger partial charge in [0.15, 0.2) is 6.29 Å². The van der Waals surface area contributed by atoms with Gasteiger partial charge in [0.1, 0.15) is 6.10 Å². The van der Waals surface area contributed by atoms with Crippen LogP contribution >= 0.6 is 11.6 Å². The predicted molar refractivity (Wildman–Crippen MR) is 102 cm³/mol. The van der Waals surface area contributed by atoms with E-state index in [0.29, 0.717) is 28.7 Å². The van der Waals surface area contributed by atoms with Crippen molar-refractivity contribution in [1.82, 2.24) is 0 Å². The van der Waals surface area contributed by atoms with Crippen molar-refractivity contribution in [3.05, 3.63) is 22.3 Å². The van der Waals surface area contributed by atoms with Crippen molar-refractivity contribution in [3.8, 4) is 0 Å². The predicted octanol–water partition coefficient (Wildman–Crippen LogP) is 5.18. The molecule has 0 spiro atoms. The molecular weight excluding hydrogens is 348 g/mol. The molecule has 0 saturated heterocycles. The number of hydrogen-bond acceptors (Lipinski definition) is 3. The minimum absolute atomic E-state index is 0.0967. The van der Waals surface area contributed by atoms with Gasteiger partial charge in [-0.2, -0.15) is 0 Å². The zero-order valence-electron chi connectivity index (χ0n) is 16.0. The highest BCUT2D eigenvalue weighted by molar-refractivity contribution is 6.33. The van der Waals surface area contributed by atoms with E-state index in [1.807, 2.05) is 0 Å². The van der Waals surface area contributed by atoms with Crippen molar-refractivity contribution in [2.75, 3.05) is 0 Å². The molecule has 0 aromatic rings. The maximum atomic E-state index is 11.5. The molecule has 0 radical (unpaired) electrons. The summed E-state index contributed by atoms with van der Waals surface area (Å²) in [5, 5.41) is 0.756. The second kappa shape index (κ2) is 6.22. The smallest absolute Gasteiger partial charge is 0.302 e. The summed E-state index contributed by atoms with van der Waals surface area (Å²) in [6, 6.07) is 0. The average Bonchev–Trinajstić information content (AvgIpc) is 2.86. The van der Waals surface area contributed by atoms with E-state index in [1.165, 1.54) is 25.3 Å². The number of ether oxygens (including phenoxy) is 1. The van der Waals surface area contributed by atoms with Gasteiger partial charge in [0, 0.05) is 22.9 Å². The molecule has 4 aliphatic carbocycles. The molecular formula is C22H29ClO3. The molecule has 6 atom stereocenters. The van der Waals surface area contributed by atoms with Crippen molar-refractivity contribution in [1.29, 1.82) is 0 Å². The van der Waals surface area contributed by atoms with Gasteiger partial charge in [-0.15, -0.1) is 0 Å². The second-order valence-corrected chi connectivity index (χ2v) is 9.73. The summed E-state index contributed by atoms with van der Waals surface area (Å²) < 4.78 is 5.54. The molecule has 26 heavy (non-hydrogen) atoms. The minimum atomic E-state index is -0.154. The van der Waals surface area contributed by atoms with Gasteiger partial charge in [-0.3, -0.25) is 9.59 Å². The summed E-state index contributed by atoms with van der Waals surface area (Å²) in [5.41, 5.74) is 2.27. The van der Waals surface area contributed by atoms with Crippen molar-refractivity contribution in [3.63, 3.8) is 0 Å². The molecule has 4 aliphatic rings. The Labute approximate surface area is 161 Å². The summed E-state index contributed by atoms with van der Waals surface area (Å²) in [6.07, 6.45) is 10.8. The van der Waals surface area contributed by atoms with Gasteiger partial charge in [0.2, 0.25) is 0 Å². The summed E-state index contributed by atoms with van der Waals surface area (Å²) in [5.74, 6) is 1.65. The van der Waals surface area contributed by atoms with Crippen LogP contribution in [0.15, 0.2) is 22.3 Å². The maximum absolute atomic E-state index is 11.5. The Bertz CT molecular complexity index is 708. The summed E-state index contributed by atoms with van der Waals surface area (Å²) in [6.45, 7) is 6.20. The zero-order chi connectivity index (χ0) is 18.7. The van der Waals surface area contributed by atoms with Gasteiger partial charge >= 0.3 is 5.97 Å². The SMILES string of the molecule is CC(=O)O[C@H]1CC[C@]2(C)C3CC[C@@]4(C)C(=CC(C=O)=C4Cl)[C@@H]3CC[C@H]2C1. The number of carbonyl (C=O) groups excluding carboxylic acids is 2. The number of hydrogen-bond donors (Lipinski definition) is 0. The Hall–Kier alpha value is -1.09. The summed E-state index contributed by atoms with van der Waals surface area (Å²) in [7, 11) is 0. The molecule has 0 N–H and O–H groups in total. The normalized spacial score (nSPS) is 44.5. The molecule has 0 aromatic heterocycles. The molecule has 3 fully saturated rings. The minimum Gasteiger partial charge on any atom is -0.463 e. The van der Waals surface area contributed by atoms with Gasteiger partial charge in [-0.25, -0.2) is 0 Å². The molecule has 4 rings (SSSR count). The van der Waals surface area contributed by atoms with Crippen LogP contribution in [-0.2, 0) is 14.3 Å². The Morgan fingerprint density at radius 2 is 2.00 bits per heavy atom. The Morgan fingerprint density at radius 1 is 1.23 bits per heavy atom. The highest BCUT2D eigenvalue weighted by Crippen LogP contribution is 2.66. The fraction of sp³-hybridized carbons (Fsp3) is 0.727. The van der Waals surface area contributed by atoms with Crippen LogP contribution in [0.25, 0.3) is 0 Å².